The van der Waals surface area contributed by atoms with Crippen molar-refractivity contribution in [3.05, 3.63) is 53.1 Å². The van der Waals surface area contributed by atoms with Crippen molar-refractivity contribution in [1.29, 1.82) is 0 Å². The molecule has 0 bridgehead atoms. The molecule has 0 spiro atoms. The predicted molar refractivity (Wildman–Crippen MR) is 92.1 cm³/mol. The topological polar surface area (TPSA) is 66.9 Å². The first-order valence-corrected chi connectivity index (χ1v) is 8.02. The van der Waals surface area contributed by atoms with E-state index in [1.54, 1.807) is 0 Å². The van der Waals surface area contributed by atoms with Crippen molar-refractivity contribution in [3.63, 3.8) is 0 Å². The molecule has 0 fully saturated rings. The highest BCUT2D eigenvalue weighted by Crippen LogP contribution is 2.36. The van der Waals surface area contributed by atoms with Gasteiger partial charge in [-0.2, -0.15) is 5.21 Å². The number of fused-ring (bicyclic) bond motifs is 1. The van der Waals surface area contributed by atoms with Crippen LogP contribution in [0.2, 0.25) is 0 Å². The van der Waals surface area contributed by atoms with Gasteiger partial charge in [-0.15, -0.1) is 10.2 Å². The molecular formula is C18H19N5O. The first kappa shape index (κ1) is 14.7. The van der Waals surface area contributed by atoms with Crippen molar-refractivity contribution in [1.82, 2.24) is 20.6 Å². The molecule has 122 valence electrons. The van der Waals surface area contributed by atoms with Crippen LogP contribution in [-0.4, -0.2) is 33.8 Å². The summed E-state index contributed by atoms with van der Waals surface area (Å²) < 4.78 is 5.88. The van der Waals surface area contributed by atoms with Crippen molar-refractivity contribution in [2.75, 3.05) is 18.1 Å². The predicted octanol–water partition coefficient (Wildman–Crippen LogP) is 2.88. The van der Waals surface area contributed by atoms with Gasteiger partial charge in [0.2, 0.25) is 5.82 Å². The summed E-state index contributed by atoms with van der Waals surface area (Å²) in [5.74, 6) is 1.62. The van der Waals surface area contributed by atoms with Crippen molar-refractivity contribution in [2.45, 2.75) is 20.4 Å². The molecule has 6 heteroatoms. The van der Waals surface area contributed by atoms with Crippen LogP contribution in [0, 0.1) is 13.8 Å². The fourth-order valence-corrected chi connectivity index (χ4v) is 3.16. The van der Waals surface area contributed by atoms with E-state index in [9.17, 15) is 0 Å². The van der Waals surface area contributed by atoms with Crippen LogP contribution in [0.15, 0.2) is 36.4 Å². The lowest BCUT2D eigenvalue weighted by Crippen LogP contribution is -2.32. The normalized spacial score (nSPS) is 13.5. The summed E-state index contributed by atoms with van der Waals surface area (Å²) in [6, 6.07) is 12.7. The van der Waals surface area contributed by atoms with E-state index >= 15 is 0 Å². The zero-order valence-electron chi connectivity index (χ0n) is 13.8. The second-order valence-corrected chi connectivity index (χ2v) is 6.13. The van der Waals surface area contributed by atoms with E-state index in [2.05, 4.69) is 63.6 Å². The van der Waals surface area contributed by atoms with E-state index in [-0.39, 0.29) is 0 Å². The molecule has 1 N–H and O–H groups in total. The van der Waals surface area contributed by atoms with E-state index in [1.165, 1.54) is 22.4 Å². The van der Waals surface area contributed by atoms with Crippen LogP contribution in [0.4, 0.5) is 5.69 Å². The molecule has 0 atom stereocenters. The molecule has 0 amide bonds. The molecule has 1 aliphatic rings. The molecule has 0 aliphatic carbocycles. The number of anilines is 1. The van der Waals surface area contributed by atoms with E-state index in [4.69, 9.17) is 4.74 Å². The SMILES string of the molecule is Cc1cc(C)c2c(c1)N(Cc1ccc(-c3nn[nH]n3)cc1)CCO2. The zero-order chi connectivity index (χ0) is 16.5. The van der Waals surface area contributed by atoms with Gasteiger partial charge in [-0.3, -0.25) is 0 Å². The Morgan fingerprint density at radius 1 is 1.17 bits per heavy atom. The molecule has 0 unspecified atom stereocenters. The number of hydrogen-bond donors (Lipinski definition) is 1. The first-order valence-electron chi connectivity index (χ1n) is 8.02. The average molecular weight is 321 g/mol. The molecule has 0 saturated carbocycles. The summed E-state index contributed by atoms with van der Waals surface area (Å²) in [4.78, 5) is 2.38. The number of ether oxygens (including phenoxy) is 1. The van der Waals surface area contributed by atoms with E-state index in [0.29, 0.717) is 5.82 Å². The second kappa shape index (κ2) is 5.96. The molecule has 24 heavy (non-hydrogen) atoms. The molecule has 4 rings (SSSR count). The number of tetrazole rings is 1. The van der Waals surface area contributed by atoms with Crippen LogP contribution in [0.5, 0.6) is 5.75 Å². The summed E-state index contributed by atoms with van der Waals surface area (Å²) in [7, 11) is 0. The van der Waals surface area contributed by atoms with Gasteiger partial charge in [-0.25, -0.2) is 0 Å². The van der Waals surface area contributed by atoms with Gasteiger partial charge >= 0.3 is 0 Å². The summed E-state index contributed by atoms with van der Waals surface area (Å²) in [6.45, 7) is 6.70. The summed E-state index contributed by atoms with van der Waals surface area (Å²) in [5, 5.41) is 14.1. The van der Waals surface area contributed by atoms with E-state index < -0.39 is 0 Å². The number of aryl methyl sites for hydroxylation is 2. The third kappa shape index (κ3) is 2.71. The largest absolute Gasteiger partial charge is 0.489 e. The second-order valence-electron chi connectivity index (χ2n) is 6.13. The van der Waals surface area contributed by atoms with Gasteiger partial charge in [0.05, 0.1) is 12.2 Å². The van der Waals surface area contributed by atoms with Gasteiger partial charge in [0.1, 0.15) is 12.4 Å². The third-order valence-electron chi connectivity index (χ3n) is 4.28. The Morgan fingerprint density at radius 3 is 2.75 bits per heavy atom. The minimum atomic E-state index is 0.615. The Balaban J connectivity index is 1.59. The minimum Gasteiger partial charge on any atom is -0.489 e. The third-order valence-corrected chi connectivity index (χ3v) is 4.28. The fourth-order valence-electron chi connectivity index (χ4n) is 3.16. The van der Waals surface area contributed by atoms with Gasteiger partial charge in [0, 0.05) is 12.1 Å². The Labute approximate surface area is 140 Å². The number of rotatable bonds is 3. The number of nitrogens with zero attached hydrogens (tertiary/aromatic N) is 4. The van der Waals surface area contributed by atoms with Crippen LogP contribution in [0.3, 0.4) is 0 Å². The van der Waals surface area contributed by atoms with Crippen molar-refractivity contribution < 1.29 is 4.74 Å². The van der Waals surface area contributed by atoms with Crippen molar-refractivity contribution >= 4 is 5.69 Å². The average Bonchev–Trinajstić information content (AvgIpc) is 3.11. The number of nitrogens with one attached hydrogen (secondary N) is 1. The summed E-state index contributed by atoms with van der Waals surface area (Å²) >= 11 is 0. The summed E-state index contributed by atoms with van der Waals surface area (Å²) in [6.07, 6.45) is 0. The van der Waals surface area contributed by atoms with E-state index in [1.807, 2.05) is 12.1 Å². The smallest absolute Gasteiger partial charge is 0.204 e. The highest BCUT2D eigenvalue weighted by molar-refractivity contribution is 5.65. The van der Waals surface area contributed by atoms with Crippen LogP contribution < -0.4 is 9.64 Å². The van der Waals surface area contributed by atoms with Crippen LogP contribution >= 0.6 is 0 Å². The van der Waals surface area contributed by atoms with Crippen molar-refractivity contribution in [2.24, 2.45) is 0 Å². The van der Waals surface area contributed by atoms with Crippen LogP contribution in [0.1, 0.15) is 16.7 Å². The molecule has 2 heterocycles. The number of aromatic nitrogens is 4. The Morgan fingerprint density at radius 2 is 2.00 bits per heavy atom. The van der Waals surface area contributed by atoms with Crippen LogP contribution in [-0.2, 0) is 6.54 Å². The number of benzene rings is 2. The minimum absolute atomic E-state index is 0.615. The zero-order valence-corrected chi connectivity index (χ0v) is 13.8. The first-order chi connectivity index (χ1) is 11.7. The fraction of sp³-hybridized carbons (Fsp3) is 0.278. The molecule has 1 aromatic heterocycles. The van der Waals surface area contributed by atoms with Gasteiger partial charge < -0.3 is 9.64 Å². The van der Waals surface area contributed by atoms with Gasteiger partial charge in [-0.05, 0) is 41.8 Å². The Bertz CT molecular complexity index is 843. The maximum absolute atomic E-state index is 5.88. The van der Waals surface area contributed by atoms with Crippen LogP contribution in [0.25, 0.3) is 11.4 Å². The Hall–Kier alpha value is -2.89. The molecule has 0 saturated heterocycles. The lowest BCUT2D eigenvalue weighted by atomic mass is 10.1. The Kier molecular flexibility index (Phi) is 3.65. The number of H-pyrrole nitrogens is 1. The lowest BCUT2D eigenvalue weighted by Gasteiger charge is -2.32. The van der Waals surface area contributed by atoms with Gasteiger partial charge in [0.15, 0.2) is 0 Å². The molecule has 3 aromatic rings. The van der Waals surface area contributed by atoms with Gasteiger partial charge in [0.25, 0.3) is 0 Å². The number of aromatic amines is 1. The maximum atomic E-state index is 5.88. The lowest BCUT2D eigenvalue weighted by molar-refractivity contribution is 0.304. The van der Waals surface area contributed by atoms with Gasteiger partial charge in [-0.1, -0.05) is 30.3 Å². The quantitative estimate of drug-likeness (QED) is 0.803. The molecule has 0 radical (unpaired) electrons. The highest BCUT2D eigenvalue weighted by atomic mass is 16.5. The molecule has 1 aliphatic heterocycles. The molecule has 6 nitrogen and oxygen atoms in total. The van der Waals surface area contributed by atoms with Crippen molar-refractivity contribution in [3.8, 4) is 17.1 Å². The summed E-state index contributed by atoms with van der Waals surface area (Å²) in [5.41, 5.74) is 5.84. The number of hydrogen-bond acceptors (Lipinski definition) is 5. The van der Waals surface area contributed by atoms with E-state index in [0.717, 1.165) is 31.0 Å². The highest BCUT2D eigenvalue weighted by Gasteiger charge is 2.20. The maximum Gasteiger partial charge on any atom is 0.204 e. The standard InChI is InChI=1S/C18H19N5O/c1-12-9-13(2)17-16(10-12)23(7-8-24-17)11-14-3-5-15(6-4-14)18-19-21-22-20-18/h3-6,9-10H,7-8,11H2,1-2H3,(H,19,20,21,22). The molecular weight excluding hydrogens is 302 g/mol. The monoisotopic (exact) mass is 321 g/mol. The molecule has 2 aromatic carbocycles.